The number of amides is 1. The van der Waals surface area contributed by atoms with Crippen molar-refractivity contribution in [3.05, 3.63) is 35.6 Å². The van der Waals surface area contributed by atoms with Gasteiger partial charge in [-0.2, -0.15) is 0 Å². The molecule has 19 heavy (non-hydrogen) atoms. The first-order chi connectivity index (χ1) is 8.59. The highest BCUT2D eigenvalue weighted by atomic mass is 35.5. The molecule has 2 rings (SSSR count). The molecule has 4 nitrogen and oxygen atoms in total. The summed E-state index contributed by atoms with van der Waals surface area (Å²) in [5, 5.41) is 10.0. The number of likely N-dealkylation sites (tertiary alicyclic amines) is 1. The standard InChI is InChI=1S/C13H17FN2O2.ClH/c14-10-5-3-9(4-6-10)12(17)11(15)13(18)16-7-1-2-8-16;/h3-6,11-12,17H,1-2,7-8,15H2;1H/t11-,12+;/m0./s1. The average Bonchev–Trinajstić information content (AvgIpc) is 2.91. The summed E-state index contributed by atoms with van der Waals surface area (Å²) in [5.74, 6) is -0.630. The van der Waals surface area contributed by atoms with Crippen LogP contribution in [-0.4, -0.2) is 35.0 Å². The fourth-order valence-electron chi connectivity index (χ4n) is 2.15. The minimum Gasteiger partial charge on any atom is -0.386 e. The zero-order chi connectivity index (χ0) is 13.1. The Morgan fingerprint density at radius 1 is 1.26 bits per heavy atom. The molecule has 106 valence electrons. The fraction of sp³-hybridized carbons (Fsp3) is 0.462. The van der Waals surface area contributed by atoms with E-state index >= 15 is 0 Å². The normalized spacial score (nSPS) is 17.7. The molecule has 1 aliphatic rings. The lowest BCUT2D eigenvalue weighted by atomic mass is 10.0. The average molecular weight is 289 g/mol. The van der Waals surface area contributed by atoms with Crippen molar-refractivity contribution in [3.8, 4) is 0 Å². The van der Waals surface area contributed by atoms with Gasteiger partial charge in [-0.3, -0.25) is 4.79 Å². The van der Waals surface area contributed by atoms with Crippen LogP contribution in [0.25, 0.3) is 0 Å². The largest absolute Gasteiger partial charge is 0.386 e. The Hall–Kier alpha value is -1.17. The highest BCUT2D eigenvalue weighted by molar-refractivity contribution is 5.85. The number of aliphatic hydroxyl groups is 1. The van der Waals surface area contributed by atoms with E-state index in [9.17, 15) is 14.3 Å². The molecule has 2 atom stereocenters. The molecule has 3 N–H and O–H groups in total. The number of carbonyl (C=O) groups is 1. The summed E-state index contributed by atoms with van der Waals surface area (Å²) >= 11 is 0. The Morgan fingerprint density at radius 3 is 2.32 bits per heavy atom. The lowest BCUT2D eigenvalue weighted by Gasteiger charge is -2.24. The van der Waals surface area contributed by atoms with Gasteiger partial charge in [-0.25, -0.2) is 4.39 Å². The molecule has 1 aromatic carbocycles. The predicted molar refractivity (Wildman–Crippen MR) is 72.4 cm³/mol. The second-order valence-corrected chi connectivity index (χ2v) is 4.55. The quantitative estimate of drug-likeness (QED) is 0.879. The topological polar surface area (TPSA) is 66.6 Å². The van der Waals surface area contributed by atoms with Crippen LogP contribution < -0.4 is 5.73 Å². The molecule has 0 aromatic heterocycles. The lowest BCUT2D eigenvalue weighted by Crippen LogP contribution is -2.45. The molecule has 1 aromatic rings. The summed E-state index contributed by atoms with van der Waals surface area (Å²) in [7, 11) is 0. The van der Waals surface area contributed by atoms with Crippen LogP contribution in [-0.2, 0) is 4.79 Å². The van der Waals surface area contributed by atoms with Crippen LogP contribution in [0.4, 0.5) is 4.39 Å². The molecule has 1 heterocycles. The van der Waals surface area contributed by atoms with E-state index in [0.717, 1.165) is 12.8 Å². The predicted octanol–water partition coefficient (Wildman–Crippen LogP) is 1.23. The molecule has 1 aliphatic heterocycles. The molecule has 0 saturated carbocycles. The number of rotatable bonds is 3. The molecule has 0 spiro atoms. The lowest BCUT2D eigenvalue weighted by molar-refractivity contribution is -0.134. The number of benzene rings is 1. The molecule has 0 unspecified atom stereocenters. The molecule has 1 amide bonds. The highest BCUT2D eigenvalue weighted by Crippen LogP contribution is 2.19. The Kier molecular flexibility index (Phi) is 5.72. The first-order valence-electron chi connectivity index (χ1n) is 6.07. The van der Waals surface area contributed by atoms with Crippen molar-refractivity contribution < 1.29 is 14.3 Å². The van der Waals surface area contributed by atoms with Gasteiger partial charge < -0.3 is 15.7 Å². The van der Waals surface area contributed by atoms with Crippen LogP contribution in [0.15, 0.2) is 24.3 Å². The molecule has 0 radical (unpaired) electrons. The van der Waals surface area contributed by atoms with Crippen molar-refractivity contribution in [1.29, 1.82) is 0 Å². The molecule has 0 aliphatic carbocycles. The van der Waals surface area contributed by atoms with E-state index < -0.39 is 12.1 Å². The van der Waals surface area contributed by atoms with Crippen molar-refractivity contribution >= 4 is 18.3 Å². The number of hydrogen-bond donors (Lipinski definition) is 2. The van der Waals surface area contributed by atoms with Crippen molar-refractivity contribution in [2.45, 2.75) is 25.0 Å². The van der Waals surface area contributed by atoms with Crippen molar-refractivity contribution in [2.24, 2.45) is 5.73 Å². The van der Waals surface area contributed by atoms with Gasteiger partial charge in [0.1, 0.15) is 18.0 Å². The van der Waals surface area contributed by atoms with Crippen LogP contribution in [0.2, 0.25) is 0 Å². The van der Waals surface area contributed by atoms with E-state index in [1.54, 1.807) is 4.90 Å². The number of aliphatic hydroxyl groups excluding tert-OH is 1. The molecule has 1 saturated heterocycles. The summed E-state index contributed by atoms with van der Waals surface area (Å²) in [6, 6.07) is 4.37. The zero-order valence-electron chi connectivity index (χ0n) is 10.5. The van der Waals surface area contributed by atoms with Crippen molar-refractivity contribution in [2.75, 3.05) is 13.1 Å². The molecule has 1 fully saturated rings. The Balaban J connectivity index is 0.00000180. The smallest absolute Gasteiger partial charge is 0.242 e. The van der Waals surface area contributed by atoms with Crippen LogP contribution >= 0.6 is 12.4 Å². The van der Waals surface area contributed by atoms with E-state index in [1.807, 2.05) is 0 Å². The van der Waals surface area contributed by atoms with E-state index in [2.05, 4.69) is 0 Å². The van der Waals surface area contributed by atoms with Crippen LogP contribution in [0, 0.1) is 5.82 Å². The monoisotopic (exact) mass is 288 g/mol. The van der Waals surface area contributed by atoms with Gasteiger partial charge in [-0.15, -0.1) is 12.4 Å². The van der Waals surface area contributed by atoms with Crippen molar-refractivity contribution in [1.82, 2.24) is 4.90 Å². The highest BCUT2D eigenvalue weighted by Gasteiger charge is 2.29. The molecular weight excluding hydrogens is 271 g/mol. The molecule has 6 heteroatoms. The van der Waals surface area contributed by atoms with E-state index in [1.165, 1.54) is 24.3 Å². The summed E-state index contributed by atoms with van der Waals surface area (Å²) in [4.78, 5) is 13.7. The van der Waals surface area contributed by atoms with Gasteiger partial charge in [-0.1, -0.05) is 12.1 Å². The maximum absolute atomic E-state index is 12.8. The third kappa shape index (κ3) is 3.65. The number of carbonyl (C=O) groups excluding carboxylic acids is 1. The second-order valence-electron chi connectivity index (χ2n) is 4.55. The minimum absolute atomic E-state index is 0. The van der Waals surface area contributed by atoms with Gasteiger partial charge >= 0.3 is 0 Å². The van der Waals surface area contributed by atoms with Crippen LogP contribution in [0.1, 0.15) is 24.5 Å². The van der Waals surface area contributed by atoms with Gasteiger partial charge in [0.05, 0.1) is 0 Å². The number of nitrogens with zero attached hydrogens (tertiary/aromatic N) is 1. The van der Waals surface area contributed by atoms with E-state index in [-0.39, 0.29) is 24.1 Å². The Bertz CT molecular complexity index is 421. The van der Waals surface area contributed by atoms with Crippen LogP contribution in [0.5, 0.6) is 0 Å². The fourth-order valence-corrected chi connectivity index (χ4v) is 2.15. The molecular formula is C13H18ClFN2O2. The van der Waals surface area contributed by atoms with Gasteiger partial charge in [0, 0.05) is 13.1 Å². The van der Waals surface area contributed by atoms with Gasteiger partial charge in [0.2, 0.25) is 5.91 Å². The van der Waals surface area contributed by atoms with Gasteiger partial charge in [0.15, 0.2) is 0 Å². The first kappa shape index (κ1) is 15.9. The van der Waals surface area contributed by atoms with Gasteiger partial charge in [-0.05, 0) is 30.5 Å². The number of hydrogen-bond acceptors (Lipinski definition) is 3. The van der Waals surface area contributed by atoms with E-state index in [0.29, 0.717) is 18.7 Å². The summed E-state index contributed by atoms with van der Waals surface area (Å²) < 4.78 is 12.8. The summed E-state index contributed by atoms with van der Waals surface area (Å²) in [6.45, 7) is 1.39. The third-order valence-electron chi connectivity index (χ3n) is 3.25. The number of nitrogens with two attached hydrogens (primary N) is 1. The molecule has 0 bridgehead atoms. The third-order valence-corrected chi connectivity index (χ3v) is 3.25. The second kappa shape index (κ2) is 6.84. The Morgan fingerprint density at radius 2 is 1.79 bits per heavy atom. The maximum atomic E-state index is 12.8. The van der Waals surface area contributed by atoms with E-state index in [4.69, 9.17) is 5.73 Å². The van der Waals surface area contributed by atoms with Gasteiger partial charge in [0.25, 0.3) is 0 Å². The summed E-state index contributed by atoms with van der Waals surface area (Å²) in [6.07, 6.45) is 0.856. The van der Waals surface area contributed by atoms with Crippen LogP contribution in [0.3, 0.4) is 0 Å². The SMILES string of the molecule is Cl.N[C@H](C(=O)N1CCCC1)[C@H](O)c1ccc(F)cc1. The Labute approximate surface area is 117 Å². The number of halogens is 2. The minimum atomic E-state index is -1.10. The summed E-state index contributed by atoms with van der Waals surface area (Å²) in [5.41, 5.74) is 6.23. The first-order valence-corrected chi connectivity index (χ1v) is 6.07. The zero-order valence-corrected chi connectivity index (χ0v) is 11.3. The maximum Gasteiger partial charge on any atom is 0.242 e. The van der Waals surface area contributed by atoms with Crippen molar-refractivity contribution in [3.63, 3.8) is 0 Å².